The Morgan fingerprint density at radius 3 is 2.14 bits per heavy atom. The van der Waals surface area contributed by atoms with Crippen LogP contribution in [0.1, 0.15) is 53.5 Å². The molecule has 0 amide bonds. The lowest BCUT2D eigenvalue weighted by Crippen LogP contribution is -2.49. The quantitative estimate of drug-likeness (QED) is 0.813. The number of hydrogen-bond donors (Lipinski definition) is 0. The third-order valence-corrected chi connectivity index (χ3v) is 4.45. The van der Waals surface area contributed by atoms with Gasteiger partial charge in [-0.3, -0.25) is 4.90 Å². The normalized spacial score (nSPS) is 24.5. The Morgan fingerprint density at radius 2 is 1.67 bits per heavy atom. The Bertz CT molecular complexity index is 419. The first kappa shape index (κ1) is 16.5. The first-order valence-electron chi connectivity index (χ1n) is 8.10. The van der Waals surface area contributed by atoms with Gasteiger partial charge in [-0.25, -0.2) is 0 Å². The van der Waals surface area contributed by atoms with Crippen molar-refractivity contribution in [2.24, 2.45) is 5.41 Å². The van der Waals surface area contributed by atoms with Crippen LogP contribution in [0, 0.1) is 5.41 Å². The molecule has 0 aromatic heterocycles. The summed E-state index contributed by atoms with van der Waals surface area (Å²) in [5.74, 6) is 0. The first-order valence-corrected chi connectivity index (χ1v) is 8.10. The fraction of sp³-hybridized carbons (Fsp3) is 0.684. The lowest BCUT2D eigenvalue weighted by molar-refractivity contribution is 0.0325. The van der Waals surface area contributed by atoms with E-state index in [1.54, 1.807) is 0 Å². The molecule has 1 aliphatic rings. The van der Waals surface area contributed by atoms with Crippen molar-refractivity contribution >= 4 is 0 Å². The molecule has 2 heteroatoms. The molecule has 2 atom stereocenters. The van der Waals surface area contributed by atoms with E-state index in [0.717, 1.165) is 19.6 Å². The van der Waals surface area contributed by atoms with Crippen LogP contribution < -0.4 is 0 Å². The molecule has 2 nitrogen and oxygen atoms in total. The van der Waals surface area contributed by atoms with Gasteiger partial charge in [0.25, 0.3) is 0 Å². The third kappa shape index (κ3) is 4.31. The van der Waals surface area contributed by atoms with E-state index in [-0.39, 0.29) is 11.0 Å². The van der Waals surface area contributed by atoms with Crippen molar-refractivity contribution in [2.75, 3.05) is 6.54 Å². The van der Waals surface area contributed by atoms with Crippen LogP contribution in [0.2, 0.25) is 0 Å². The van der Waals surface area contributed by atoms with Crippen LogP contribution in [0.5, 0.6) is 0 Å². The summed E-state index contributed by atoms with van der Waals surface area (Å²) in [5.41, 5.74) is 1.75. The van der Waals surface area contributed by atoms with Gasteiger partial charge in [-0.2, -0.15) is 0 Å². The topological polar surface area (TPSA) is 12.5 Å². The van der Waals surface area contributed by atoms with Crippen molar-refractivity contribution in [3.8, 4) is 0 Å². The van der Waals surface area contributed by atoms with E-state index in [9.17, 15) is 0 Å². The van der Waals surface area contributed by atoms with Crippen molar-refractivity contribution in [1.29, 1.82) is 0 Å². The maximum atomic E-state index is 6.20. The minimum absolute atomic E-state index is 0.197. The van der Waals surface area contributed by atoms with Gasteiger partial charge in [0.05, 0.1) is 12.7 Å². The van der Waals surface area contributed by atoms with E-state index in [1.165, 1.54) is 5.56 Å². The van der Waals surface area contributed by atoms with Crippen molar-refractivity contribution < 1.29 is 4.74 Å². The molecule has 1 fully saturated rings. The van der Waals surface area contributed by atoms with E-state index in [1.807, 2.05) is 0 Å². The molecule has 118 valence electrons. The molecule has 1 heterocycles. The summed E-state index contributed by atoms with van der Waals surface area (Å²) in [5, 5.41) is 0. The van der Waals surface area contributed by atoms with Crippen molar-refractivity contribution in [3.05, 3.63) is 35.9 Å². The van der Waals surface area contributed by atoms with Gasteiger partial charge in [0.1, 0.15) is 0 Å². The Morgan fingerprint density at radius 1 is 1.05 bits per heavy atom. The fourth-order valence-corrected chi connectivity index (χ4v) is 3.27. The molecule has 0 aliphatic carbocycles. The highest BCUT2D eigenvalue weighted by atomic mass is 16.5. The summed E-state index contributed by atoms with van der Waals surface area (Å²) in [7, 11) is 0. The first-order chi connectivity index (χ1) is 9.68. The van der Waals surface area contributed by atoms with Gasteiger partial charge in [-0.1, -0.05) is 51.1 Å². The molecule has 1 aromatic carbocycles. The lowest BCUT2D eigenvalue weighted by atomic mass is 9.83. The smallest absolute Gasteiger partial charge is 0.0722 e. The molecule has 0 radical (unpaired) electrons. The van der Waals surface area contributed by atoms with E-state index < -0.39 is 0 Å². The summed E-state index contributed by atoms with van der Waals surface area (Å²) in [6.07, 6.45) is 1.47. The average Bonchev–Trinajstić information content (AvgIpc) is 2.82. The summed E-state index contributed by atoms with van der Waals surface area (Å²) in [6.45, 7) is 15.7. The van der Waals surface area contributed by atoms with Crippen LogP contribution in [0.25, 0.3) is 0 Å². The van der Waals surface area contributed by atoms with Crippen LogP contribution in [0.3, 0.4) is 0 Å². The van der Waals surface area contributed by atoms with Gasteiger partial charge in [-0.15, -0.1) is 0 Å². The number of nitrogens with zero attached hydrogens (tertiary/aromatic N) is 1. The van der Waals surface area contributed by atoms with Crippen LogP contribution in [-0.2, 0) is 11.3 Å². The predicted octanol–water partition coefficient (Wildman–Crippen LogP) is 4.49. The zero-order valence-corrected chi connectivity index (χ0v) is 14.5. The molecule has 1 saturated heterocycles. The van der Waals surface area contributed by atoms with E-state index >= 15 is 0 Å². The number of benzene rings is 1. The van der Waals surface area contributed by atoms with Gasteiger partial charge in [0.2, 0.25) is 0 Å². The van der Waals surface area contributed by atoms with Crippen LogP contribution in [0.15, 0.2) is 30.3 Å². The number of likely N-dealkylation sites (tertiary alicyclic amines) is 1. The largest absolute Gasteiger partial charge is 0.372 e. The highest BCUT2D eigenvalue weighted by Crippen LogP contribution is 2.38. The predicted molar refractivity (Wildman–Crippen MR) is 89.3 cm³/mol. The highest BCUT2D eigenvalue weighted by Gasteiger charge is 2.43. The minimum Gasteiger partial charge on any atom is -0.372 e. The van der Waals surface area contributed by atoms with Gasteiger partial charge in [0.15, 0.2) is 0 Å². The molecule has 0 N–H and O–H groups in total. The molecule has 2 rings (SSSR count). The second-order valence-corrected chi connectivity index (χ2v) is 8.36. The molecule has 1 aliphatic heterocycles. The van der Waals surface area contributed by atoms with Gasteiger partial charge >= 0.3 is 0 Å². The molecular formula is C19H31NO. The lowest BCUT2D eigenvalue weighted by Gasteiger charge is -2.42. The van der Waals surface area contributed by atoms with Crippen molar-refractivity contribution in [2.45, 2.75) is 72.3 Å². The Hall–Kier alpha value is -0.860. The van der Waals surface area contributed by atoms with Gasteiger partial charge in [0, 0.05) is 18.1 Å². The molecular weight excluding hydrogens is 258 g/mol. The molecule has 0 saturated carbocycles. The zero-order valence-electron chi connectivity index (χ0n) is 14.5. The number of hydrogen-bond acceptors (Lipinski definition) is 2. The van der Waals surface area contributed by atoms with Gasteiger partial charge < -0.3 is 4.74 Å². The fourth-order valence-electron chi connectivity index (χ4n) is 3.27. The number of rotatable bonds is 3. The van der Waals surface area contributed by atoms with Crippen LogP contribution >= 0.6 is 0 Å². The van der Waals surface area contributed by atoms with Crippen molar-refractivity contribution in [3.63, 3.8) is 0 Å². The highest BCUT2D eigenvalue weighted by molar-refractivity contribution is 5.13. The Labute approximate surface area is 130 Å². The van der Waals surface area contributed by atoms with E-state index in [2.05, 4.69) is 76.8 Å². The molecule has 21 heavy (non-hydrogen) atoms. The van der Waals surface area contributed by atoms with Crippen LogP contribution in [0.4, 0.5) is 0 Å². The summed E-state index contributed by atoms with van der Waals surface area (Å²) < 4.78 is 6.20. The monoisotopic (exact) mass is 289 g/mol. The molecule has 0 spiro atoms. The third-order valence-electron chi connectivity index (χ3n) is 4.45. The van der Waals surface area contributed by atoms with E-state index in [4.69, 9.17) is 4.74 Å². The Balaban J connectivity index is 2.00. The maximum absolute atomic E-state index is 6.20. The Kier molecular flexibility index (Phi) is 4.79. The molecule has 0 bridgehead atoms. The summed E-state index contributed by atoms with van der Waals surface area (Å²) >= 11 is 0. The SMILES string of the molecule is CC(C)(C)[C@@H]1CC(OCc2ccccc2)CN1C(C)(C)C. The van der Waals surface area contributed by atoms with Gasteiger partial charge in [-0.05, 0) is 38.2 Å². The zero-order chi connectivity index (χ0) is 15.7. The second-order valence-electron chi connectivity index (χ2n) is 8.36. The number of ether oxygens (including phenoxy) is 1. The molecule has 1 aromatic rings. The molecule has 1 unspecified atom stereocenters. The van der Waals surface area contributed by atoms with E-state index in [0.29, 0.717) is 12.1 Å². The van der Waals surface area contributed by atoms with Crippen molar-refractivity contribution in [1.82, 2.24) is 4.90 Å². The standard InChI is InChI=1S/C19H31NO/c1-18(2,3)17-12-16(13-20(17)19(4,5)6)21-14-15-10-8-7-9-11-15/h7-11,16-17H,12-14H2,1-6H3/t16?,17-/m0/s1. The second kappa shape index (κ2) is 6.10. The average molecular weight is 289 g/mol. The maximum Gasteiger partial charge on any atom is 0.0722 e. The van der Waals surface area contributed by atoms with Crippen LogP contribution in [-0.4, -0.2) is 29.1 Å². The summed E-state index contributed by atoms with van der Waals surface area (Å²) in [6, 6.07) is 11.1. The minimum atomic E-state index is 0.197. The summed E-state index contributed by atoms with van der Waals surface area (Å²) in [4.78, 5) is 2.63.